The van der Waals surface area contributed by atoms with E-state index < -0.39 is 5.92 Å². The van der Waals surface area contributed by atoms with Crippen LogP contribution in [0.4, 0.5) is 8.78 Å². The molecule has 0 bridgehead atoms. The quantitative estimate of drug-likeness (QED) is 0.158. The average molecular weight is 751 g/mol. The molecule has 1 N–H and O–H groups in total. The summed E-state index contributed by atoms with van der Waals surface area (Å²) in [6.45, 7) is 4.04. The molecule has 2 aliphatic rings. The van der Waals surface area contributed by atoms with E-state index in [1.807, 2.05) is 64.2 Å². The van der Waals surface area contributed by atoms with Gasteiger partial charge in [-0.05, 0) is 31.0 Å². The number of amides is 1. The number of likely N-dealkylation sites (tertiary alicyclic amines) is 2. The summed E-state index contributed by atoms with van der Waals surface area (Å²) in [6.07, 6.45) is 6.98. The molecule has 14 heteroatoms. The van der Waals surface area contributed by atoms with Gasteiger partial charge in [0.05, 0.1) is 47.9 Å². The molecule has 272 valence electrons. The van der Waals surface area contributed by atoms with E-state index in [0.717, 1.165) is 31.5 Å². The molecular formula is C38H39Cl2F2N7O3. The third-order valence-electron chi connectivity index (χ3n) is 9.80. The molecule has 6 heterocycles. The zero-order valence-corrected chi connectivity index (χ0v) is 30.6. The average Bonchev–Trinajstić information content (AvgIpc) is 3.71. The summed E-state index contributed by atoms with van der Waals surface area (Å²) < 4.78 is 40.8. The van der Waals surface area contributed by atoms with Gasteiger partial charge < -0.3 is 24.1 Å². The van der Waals surface area contributed by atoms with Crippen LogP contribution in [0.3, 0.4) is 0 Å². The molecule has 2 saturated heterocycles. The van der Waals surface area contributed by atoms with Crippen LogP contribution in [0.25, 0.3) is 39.3 Å². The molecule has 7 rings (SSSR count). The van der Waals surface area contributed by atoms with E-state index in [-0.39, 0.29) is 18.9 Å². The van der Waals surface area contributed by atoms with Crippen LogP contribution in [0, 0.1) is 0 Å². The van der Waals surface area contributed by atoms with E-state index in [0.29, 0.717) is 92.3 Å². The number of piperidine rings is 1. The predicted octanol–water partition coefficient (Wildman–Crippen LogP) is 7.39. The summed E-state index contributed by atoms with van der Waals surface area (Å²) in [4.78, 5) is 29.4. The lowest BCUT2D eigenvalue weighted by Gasteiger charge is -2.31. The molecule has 0 aliphatic carbocycles. The van der Waals surface area contributed by atoms with Crippen molar-refractivity contribution in [2.24, 2.45) is 0 Å². The monoisotopic (exact) mass is 749 g/mol. The number of benzene rings is 1. The highest BCUT2D eigenvalue weighted by Crippen LogP contribution is 2.42. The van der Waals surface area contributed by atoms with E-state index >= 15 is 0 Å². The number of nitrogens with zero attached hydrogens (tertiary/aromatic N) is 6. The Labute approximate surface area is 310 Å². The van der Waals surface area contributed by atoms with Gasteiger partial charge in [-0.15, -0.1) is 0 Å². The summed E-state index contributed by atoms with van der Waals surface area (Å²) >= 11 is 14.2. The van der Waals surface area contributed by atoms with Crippen molar-refractivity contribution >= 4 is 34.8 Å². The number of aromatic nitrogens is 4. The van der Waals surface area contributed by atoms with Crippen LogP contribution in [0.2, 0.25) is 10.0 Å². The van der Waals surface area contributed by atoms with Crippen molar-refractivity contribution in [3.8, 4) is 45.3 Å². The summed E-state index contributed by atoms with van der Waals surface area (Å²) in [6, 6.07) is 13.6. The Balaban J connectivity index is 1.14. The second kappa shape index (κ2) is 14.9. The van der Waals surface area contributed by atoms with Crippen LogP contribution in [-0.4, -0.2) is 87.4 Å². The molecule has 2 fully saturated rings. The van der Waals surface area contributed by atoms with Crippen LogP contribution in [0.1, 0.15) is 37.4 Å². The fraction of sp³-hybridized carbons (Fsp3) is 0.368. The van der Waals surface area contributed by atoms with E-state index in [9.17, 15) is 13.6 Å². The number of nitrogens with one attached hydrogen (secondary N) is 1. The van der Waals surface area contributed by atoms with Crippen LogP contribution < -0.4 is 14.8 Å². The largest absolute Gasteiger partial charge is 0.493 e. The molecule has 0 unspecified atom stereocenters. The minimum Gasteiger partial charge on any atom is -0.493 e. The number of carbonyl (C=O) groups is 1. The zero-order valence-electron chi connectivity index (χ0n) is 29.1. The Morgan fingerprint density at radius 2 is 1.75 bits per heavy atom. The number of hydrogen-bond donors (Lipinski definition) is 1. The highest BCUT2D eigenvalue weighted by molar-refractivity contribution is 6.39. The van der Waals surface area contributed by atoms with Crippen molar-refractivity contribution in [2.75, 3.05) is 40.4 Å². The van der Waals surface area contributed by atoms with Gasteiger partial charge in [0.15, 0.2) is 11.4 Å². The van der Waals surface area contributed by atoms with Gasteiger partial charge in [-0.3, -0.25) is 14.7 Å². The number of ether oxygens (including phenoxy) is 2. The van der Waals surface area contributed by atoms with Crippen molar-refractivity contribution < 1.29 is 23.0 Å². The van der Waals surface area contributed by atoms with E-state index in [2.05, 4.69) is 15.3 Å². The number of methoxy groups -OCH3 is 2. The third-order valence-corrected chi connectivity index (χ3v) is 10.6. The number of rotatable bonds is 10. The fourth-order valence-corrected chi connectivity index (χ4v) is 7.67. The topological polar surface area (TPSA) is 97.1 Å². The van der Waals surface area contributed by atoms with Crippen molar-refractivity contribution in [2.45, 2.75) is 51.2 Å². The van der Waals surface area contributed by atoms with Gasteiger partial charge in [0.2, 0.25) is 11.8 Å². The summed E-state index contributed by atoms with van der Waals surface area (Å²) in [5.41, 5.74) is 6.09. The normalized spacial score (nSPS) is 16.5. The number of fused-ring (bicyclic) bond motifs is 1. The number of alkyl halides is 2. The second-order valence-electron chi connectivity index (χ2n) is 13.3. The second-order valence-corrected chi connectivity index (χ2v) is 14.0. The number of imidazole rings is 1. The van der Waals surface area contributed by atoms with Crippen LogP contribution in [-0.2, 0) is 17.9 Å². The molecule has 0 saturated carbocycles. The Hall–Kier alpha value is -4.36. The lowest BCUT2D eigenvalue weighted by atomic mass is 9.99. The number of carbonyl (C=O) groups excluding carboxylic acids is 1. The smallest absolute Gasteiger partial charge is 0.261 e. The van der Waals surface area contributed by atoms with Gasteiger partial charge in [0.1, 0.15) is 0 Å². The summed E-state index contributed by atoms with van der Waals surface area (Å²) in [5.74, 6) is -1.56. The number of hydrogen-bond acceptors (Lipinski definition) is 8. The van der Waals surface area contributed by atoms with Crippen molar-refractivity contribution in [1.29, 1.82) is 0 Å². The zero-order chi connectivity index (χ0) is 36.6. The standard InChI is InChI=1S/C38H39Cl2F2N7O3/c1-23(50)48-14-10-26(11-15-48)44-18-24-7-8-31(46-37(24)52-3)30-6-4-5-28(33(30)39)29-9-13-43-35(34(29)40)25-17-32(51-2)36-45-27(21-49(36)19-25)20-47-16-12-38(41,42)22-47/h4-9,13,17,19,21,26,44H,10-12,14-16,18,20,22H2,1-3H3. The van der Waals surface area contributed by atoms with Crippen molar-refractivity contribution in [1.82, 2.24) is 34.5 Å². The Morgan fingerprint density at radius 3 is 2.46 bits per heavy atom. The molecule has 0 spiro atoms. The lowest BCUT2D eigenvalue weighted by molar-refractivity contribution is -0.129. The van der Waals surface area contributed by atoms with E-state index in [1.165, 1.54) is 0 Å². The van der Waals surface area contributed by atoms with Gasteiger partial charge >= 0.3 is 0 Å². The van der Waals surface area contributed by atoms with E-state index in [4.69, 9.17) is 37.7 Å². The van der Waals surface area contributed by atoms with Gasteiger partial charge in [-0.25, -0.2) is 18.7 Å². The molecule has 1 amide bonds. The van der Waals surface area contributed by atoms with Gasteiger partial charge in [0.25, 0.3) is 5.92 Å². The maximum absolute atomic E-state index is 13.8. The van der Waals surface area contributed by atoms with Crippen molar-refractivity contribution in [3.63, 3.8) is 0 Å². The van der Waals surface area contributed by atoms with Gasteiger partial charge in [-0.2, -0.15) is 0 Å². The maximum Gasteiger partial charge on any atom is 0.261 e. The Morgan fingerprint density at radius 1 is 0.981 bits per heavy atom. The first-order valence-electron chi connectivity index (χ1n) is 17.2. The molecule has 4 aromatic heterocycles. The lowest BCUT2D eigenvalue weighted by Crippen LogP contribution is -2.44. The molecule has 2 aliphatic heterocycles. The van der Waals surface area contributed by atoms with E-state index in [1.54, 1.807) is 32.2 Å². The van der Waals surface area contributed by atoms with Gasteiger partial charge in [-0.1, -0.05) is 47.5 Å². The maximum atomic E-state index is 13.8. The molecule has 10 nitrogen and oxygen atoms in total. The molecule has 5 aromatic rings. The van der Waals surface area contributed by atoms with Crippen LogP contribution >= 0.6 is 23.2 Å². The molecule has 52 heavy (non-hydrogen) atoms. The van der Waals surface area contributed by atoms with Gasteiger partial charge in [0, 0.05) is 98.5 Å². The highest BCUT2D eigenvalue weighted by atomic mass is 35.5. The SMILES string of the molecule is COc1nc(-c2cccc(-c3ccnc(-c4cc(OC)c5nc(CN6CCC(F)(F)C6)cn5c4)c3Cl)c2Cl)ccc1CNC1CCN(C(C)=O)CC1. The first-order chi connectivity index (χ1) is 25.0. The summed E-state index contributed by atoms with van der Waals surface area (Å²) in [5, 5.41) is 4.45. The van der Waals surface area contributed by atoms with Crippen LogP contribution in [0.15, 0.2) is 61.1 Å². The molecule has 1 aromatic carbocycles. The molecule has 0 radical (unpaired) electrons. The third kappa shape index (κ3) is 7.43. The highest BCUT2D eigenvalue weighted by Gasteiger charge is 2.38. The van der Waals surface area contributed by atoms with Crippen molar-refractivity contribution in [3.05, 3.63) is 82.4 Å². The predicted molar refractivity (Wildman–Crippen MR) is 197 cm³/mol. The Kier molecular flexibility index (Phi) is 10.3. The summed E-state index contributed by atoms with van der Waals surface area (Å²) in [7, 11) is 3.15. The molecule has 0 atom stereocenters. The van der Waals surface area contributed by atoms with Crippen LogP contribution in [0.5, 0.6) is 11.6 Å². The number of halogens is 4. The number of pyridine rings is 3. The Bertz CT molecular complexity index is 2120. The molecular weight excluding hydrogens is 711 g/mol. The minimum atomic E-state index is -2.68. The first-order valence-corrected chi connectivity index (χ1v) is 17.9. The minimum absolute atomic E-state index is 0.116. The first kappa shape index (κ1) is 36.0. The fourth-order valence-electron chi connectivity index (χ4n) is 7.02.